The number of thioether (sulfide) groups is 1. The number of anilines is 1. The lowest BCUT2D eigenvalue weighted by Crippen LogP contribution is -2.31. The predicted molar refractivity (Wildman–Crippen MR) is 120 cm³/mol. The zero-order valence-corrected chi connectivity index (χ0v) is 17.8. The van der Waals surface area contributed by atoms with E-state index in [1.807, 2.05) is 30.3 Å². The van der Waals surface area contributed by atoms with Crippen LogP contribution in [0.5, 0.6) is 0 Å². The number of nitrogens with zero attached hydrogens (tertiary/aromatic N) is 1. The van der Waals surface area contributed by atoms with Gasteiger partial charge in [-0.25, -0.2) is 9.29 Å². The first-order chi connectivity index (χ1) is 14.5. The van der Waals surface area contributed by atoms with Gasteiger partial charge in [0.15, 0.2) is 0 Å². The molecule has 3 nitrogen and oxygen atoms in total. The molecule has 30 heavy (non-hydrogen) atoms. The van der Waals surface area contributed by atoms with Gasteiger partial charge >= 0.3 is 0 Å². The molecule has 0 saturated carbocycles. The van der Waals surface area contributed by atoms with Crippen LogP contribution < -0.4 is 4.90 Å². The third-order valence-electron chi connectivity index (χ3n) is 4.56. The van der Waals surface area contributed by atoms with Crippen molar-refractivity contribution in [1.82, 2.24) is 0 Å². The molecule has 0 saturated heterocycles. The van der Waals surface area contributed by atoms with Gasteiger partial charge in [-0.05, 0) is 41.5 Å². The van der Waals surface area contributed by atoms with E-state index in [1.54, 1.807) is 6.07 Å². The van der Waals surface area contributed by atoms with Crippen LogP contribution in [0.1, 0.15) is 11.1 Å². The Morgan fingerprint density at radius 1 is 0.833 bits per heavy atom. The zero-order valence-electron chi connectivity index (χ0n) is 15.4. The molecular formula is C23H14Cl2FNO2S. The Hall–Kier alpha value is -2.60. The molecule has 3 aromatic rings. The van der Waals surface area contributed by atoms with E-state index in [-0.39, 0.29) is 10.6 Å². The van der Waals surface area contributed by atoms with E-state index in [0.717, 1.165) is 10.5 Å². The van der Waals surface area contributed by atoms with Crippen molar-refractivity contribution in [3.8, 4) is 0 Å². The van der Waals surface area contributed by atoms with Crippen molar-refractivity contribution in [2.24, 2.45) is 0 Å². The molecule has 0 radical (unpaired) electrons. The van der Waals surface area contributed by atoms with E-state index in [9.17, 15) is 14.0 Å². The summed E-state index contributed by atoms with van der Waals surface area (Å²) < 4.78 is 13.4. The second-order valence-electron chi connectivity index (χ2n) is 6.53. The van der Waals surface area contributed by atoms with E-state index in [2.05, 4.69) is 0 Å². The lowest BCUT2D eigenvalue weighted by Gasteiger charge is -2.16. The number of benzene rings is 3. The van der Waals surface area contributed by atoms with Gasteiger partial charge in [0.1, 0.15) is 5.82 Å². The van der Waals surface area contributed by atoms with Crippen LogP contribution in [0, 0.1) is 5.82 Å². The number of carbonyl (C=O) groups excluding carboxylic acids is 2. The van der Waals surface area contributed by atoms with Crippen LogP contribution in [0.4, 0.5) is 10.1 Å². The van der Waals surface area contributed by atoms with Gasteiger partial charge in [0.25, 0.3) is 11.8 Å². The Morgan fingerprint density at radius 3 is 2.20 bits per heavy atom. The van der Waals surface area contributed by atoms with Crippen molar-refractivity contribution < 1.29 is 14.0 Å². The molecule has 7 heteroatoms. The first-order valence-corrected chi connectivity index (χ1v) is 10.7. The number of hydrogen-bond donors (Lipinski definition) is 0. The molecular weight excluding hydrogens is 444 g/mol. The minimum Gasteiger partial charge on any atom is -0.268 e. The molecule has 4 rings (SSSR count). The summed E-state index contributed by atoms with van der Waals surface area (Å²) >= 11 is 13.3. The number of amides is 2. The summed E-state index contributed by atoms with van der Waals surface area (Å²) in [4.78, 5) is 27.9. The molecule has 0 N–H and O–H groups in total. The summed E-state index contributed by atoms with van der Waals surface area (Å²) in [5, 5.41) is 0.563. The number of hydrogen-bond acceptors (Lipinski definition) is 3. The maximum atomic E-state index is 13.4. The first-order valence-electron chi connectivity index (χ1n) is 8.96. The average molecular weight is 458 g/mol. The van der Waals surface area contributed by atoms with Crippen LogP contribution in [-0.4, -0.2) is 11.8 Å². The van der Waals surface area contributed by atoms with Crippen LogP contribution in [0.15, 0.2) is 77.7 Å². The molecule has 0 atom stereocenters. The molecule has 0 fully saturated rings. The number of carbonyl (C=O) groups is 2. The van der Waals surface area contributed by atoms with E-state index in [4.69, 9.17) is 23.2 Å². The number of imide groups is 1. The summed E-state index contributed by atoms with van der Waals surface area (Å²) in [6.45, 7) is 0. The zero-order chi connectivity index (χ0) is 21.3. The first kappa shape index (κ1) is 20.7. The van der Waals surface area contributed by atoms with Crippen molar-refractivity contribution in [3.05, 3.63) is 105 Å². The largest absolute Gasteiger partial charge is 0.272 e. The van der Waals surface area contributed by atoms with E-state index < -0.39 is 17.6 Å². The summed E-state index contributed by atoms with van der Waals surface area (Å²) in [5.74, 6) is -0.843. The Kier molecular flexibility index (Phi) is 5.95. The normalized spacial score (nSPS) is 14.0. The molecule has 1 aliphatic heterocycles. The van der Waals surface area contributed by atoms with Crippen LogP contribution >= 0.6 is 35.0 Å². The lowest BCUT2D eigenvalue weighted by molar-refractivity contribution is -0.119. The maximum Gasteiger partial charge on any atom is 0.272 e. The number of halogens is 3. The fourth-order valence-corrected chi connectivity index (χ4v) is 4.46. The third kappa shape index (κ3) is 4.01. The van der Waals surface area contributed by atoms with Gasteiger partial charge in [0, 0.05) is 5.75 Å². The van der Waals surface area contributed by atoms with Crippen molar-refractivity contribution in [2.75, 3.05) is 4.90 Å². The molecule has 0 aliphatic carbocycles. The Bertz CT molecular complexity index is 1160. The summed E-state index contributed by atoms with van der Waals surface area (Å²) in [6.07, 6.45) is 0. The second-order valence-corrected chi connectivity index (χ2v) is 8.33. The van der Waals surface area contributed by atoms with Gasteiger partial charge in [-0.3, -0.25) is 9.59 Å². The van der Waals surface area contributed by atoms with Gasteiger partial charge in [-0.2, -0.15) is 0 Å². The van der Waals surface area contributed by atoms with E-state index >= 15 is 0 Å². The highest BCUT2D eigenvalue weighted by Gasteiger charge is 2.40. The fraction of sp³-hybridized carbons (Fsp3) is 0.0435. The van der Waals surface area contributed by atoms with Crippen LogP contribution in [0.3, 0.4) is 0 Å². The van der Waals surface area contributed by atoms with E-state index in [1.165, 1.54) is 48.2 Å². The Morgan fingerprint density at radius 2 is 1.53 bits per heavy atom. The van der Waals surface area contributed by atoms with Crippen molar-refractivity contribution >= 4 is 58.0 Å². The van der Waals surface area contributed by atoms with Gasteiger partial charge in [-0.1, -0.05) is 65.7 Å². The van der Waals surface area contributed by atoms with Gasteiger partial charge in [-0.15, -0.1) is 11.8 Å². The summed E-state index contributed by atoms with van der Waals surface area (Å²) in [6, 6.07) is 19.7. The molecule has 1 heterocycles. The highest BCUT2D eigenvalue weighted by molar-refractivity contribution is 8.03. The molecule has 3 aromatic carbocycles. The third-order valence-corrected chi connectivity index (χ3v) is 6.45. The van der Waals surface area contributed by atoms with Crippen molar-refractivity contribution in [2.45, 2.75) is 5.75 Å². The van der Waals surface area contributed by atoms with E-state index in [0.29, 0.717) is 26.9 Å². The molecule has 1 aliphatic rings. The summed E-state index contributed by atoms with van der Waals surface area (Å²) in [7, 11) is 0. The van der Waals surface area contributed by atoms with Gasteiger partial charge in [0.05, 0.1) is 26.2 Å². The molecule has 2 amide bonds. The average Bonchev–Trinajstić information content (AvgIpc) is 2.99. The SMILES string of the molecule is O=C1C(SCc2ccccc2)=C(c2ccc(F)cc2)C(=O)N1c1ccc(Cl)c(Cl)c1. The minimum absolute atomic E-state index is 0.239. The van der Waals surface area contributed by atoms with Gasteiger partial charge < -0.3 is 0 Å². The van der Waals surface area contributed by atoms with Crippen LogP contribution in [0.2, 0.25) is 10.0 Å². The number of rotatable bonds is 5. The summed E-state index contributed by atoms with van der Waals surface area (Å²) in [5.41, 5.74) is 2.07. The van der Waals surface area contributed by atoms with Crippen LogP contribution in [-0.2, 0) is 15.3 Å². The smallest absolute Gasteiger partial charge is 0.268 e. The van der Waals surface area contributed by atoms with Gasteiger partial charge in [0.2, 0.25) is 0 Å². The fourth-order valence-electron chi connectivity index (χ4n) is 3.10. The molecule has 0 spiro atoms. The molecule has 150 valence electrons. The maximum absolute atomic E-state index is 13.4. The topological polar surface area (TPSA) is 37.4 Å². The standard InChI is InChI=1S/C23H14Cl2FNO2S/c24-18-11-10-17(12-19(18)25)27-22(28)20(15-6-8-16(26)9-7-15)21(23(27)29)30-13-14-4-2-1-3-5-14/h1-12H,13H2. The highest BCUT2D eigenvalue weighted by atomic mass is 35.5. The quantitative estimate of drug-likeness (QED) is 0.418. The molecule has 0 unspecified atom stereocenters. The van der Waals surface area contributed by atoms with Crippen LogP contribution in [0.25, 0.3) is 5.57 Å². The van der Waals surface area contributed by atoms with Crippen molar-refractivity contribution in [1.29, 1.82) is 0 Å². The highest BCUT2D eigenvalue weighted by Crippen LogP contribution is 2.40. The Labute approximate surface area is 187 Å². The Balaban J connectivity index is 1.75. The predicted octanol–water partition coefficient (Wildman–Crippen LogP) is 6.35. The van der Waals surface area contributed by atoms with Crippen molar-refractivity contribution in [3.63, 3.8) is 0 Å². The monoisotopic (exact) mass is 457 g/mol. The minimum atomic E-state index is -0.486. The molecule has 0 aromatic heterocycles. The second kappa shape index (κ2) is 8.64. The molecule has 0 bridgehead atoms. The lowest BCUT2D eigenvalue weighted by atomic mass is 10.1.